The number of rotatable bonds is 4. The number of aromatic nitrogens is 1. The lowest BCUT2D eigenvalue weighted by molar-refractivity contribution is -0.121. The number of Topliss-reactive ketones (excluding diaryl/α,β-unsaturated/α-hetero) is 1. The van der Waals surface area contributed by atoms with E-state index in [0.717, 1.165) is 28.3 Å². The molecule has 3 rings (SSSR count). The second-order valence-corrected chi connectivity index (χ2v) is 5.81. The number of para-hydroxylation sites is 1. The van der Waals surface area contributed by atoms with Crippen molar-refractivity contribution in [3.8, 4) is 0 Å². The smallest absolute Gasteiger partial charge is 0.142 e. The first-order valence-corrected chi connectivity index (χ1v) is 7.31. The van der Waals surface area contributed by atoms with Crippen LogP contribution in [0.1, 0.15) is 11.4 Å². The predicted molar refractivity (Wildman–Crippen MR) is 75.6 cm³/mol. The Morgan fingerprint density at radius 3 is 3.16 bits per heavy atom. The molecule has 0 radical (unpaired) electrons. The minimum Gasteiger partial charge on any atom is -0.375 e. The van der Waals surface area contributed by atoms with Gasteiger partial charge in [-0.3, -0.25) is 4.79 Å². The largest absolute Gasteiger partial charge is 0.375 e. The van der Waals surface area contributed by atoms with Crippen LogP contribution >= 0.6 is 11.3 Å². The highest BCUT2D eigenvalue weighted by Gasteiger charge is 2.18. The minimum absolute atomic E-state index is 0.0237. The van der Waals surface area contributed by atoms with Crippen LogP contribution in [-0.2, 0) is 16.0 Å². The first-order chi connectivity index (χ1) is 9.31. The third-order valence-corrected chi connectivity index (χ3v) is 4.18. The number of morpholine rings is 1. The van der Waals surface area contributed by atoms with Gasteiger partial charge >= 0.3 is 0 Å². The lowest BCUT2D eigenvalue weighted by Crippen LogP contribution is -2.39. The Kier molecular flexibility index (Phi) is 3.87. The molecule has 0 bridgehead atoms. The van der Waals surface area contributed by atoms with Gasteiger partial charge < -0.3 is 10.1 Å². The quantitative estimate of drug-likeness (QED) is 0.925. The Morgan fingerprint density at radius 1 is 1.47 bits per heavy atom. The number of hydrogen-bond acceptors (Lipinski definition) is 5. The van der Waals surface area contributed by atoms with Crippen LogP contribution in [0.4, 0.5) is 0 Å². The number of ketones is 1. The Hall–Kier alpha value is -1.30. The summed E-state index contributed by atoms with van der Waals surface area (Å²) in [5.74, 6) is 0.202. The van der Waals surface area contributed by atoms with Crippen molar-refractivity contribution in [3.05, 3.63) is 29.3 Å². The van der Waals surface area contributed by atoms with Crippen molar-refractivity contribution < 1.29 is 9.53 Å². The summed E-state index contributed by atoms with van der Waals surface area (Å²) in [7, 11) is 0. The molecule has 0 aliphatic carbocycles. The molecule has 1 aliphatic rings. The number of nitrogens with zero attached hydrogens (tertiary/aromatic N) is 1. The van der Waals surface area contributed by atoms with Crippen LogP contribution in [0.15, 0.2) is 24.3 Å². The maximum atomic E-state index is 12.0. The van der Waals surface area contributed by atoms with Crippen molar-refractivity contribution in [1.29, 1.82) is 0 Å². The van der Waals surface area contributed by atoms with E-state index in [1.54, 1.807) is 11.3 Å². The molecule has 1 unspecified atom stereocenters. The van der Waals surface area contributed by atoms with Crippen molar-refractivity contribution in [1.82, 2.24) is 10.3 Å². The van der Waals surface area contributed by atoms with E-state index in [9.17, 15) is 4.79 Å². The molecule has 1 aromatic heterocycles. The fraction of sp³-hybridized carbons (Fsp3) is 0.429. The number of benzene rings is 1. The summed E-state index contributed by atoms with van der Waals surface area (Å²) in [4.78, 5) is 16.5. The summed E-state index contributed by atoms with van der Waals surface area (Å²) in [6, 6.07) is 7.98. The number of carbonyl (C=O) groups is 1. The predicted octanol–water partition coefficient (Wildman–Crippen LogP) is 1.79. The Morgan fingerprint density at radius 2 is 2.37 bits per heavy atom. The molecule has 1 saturated heterocycles. The molecule has 4 nitrogen and oxygen atoms in total. The highest BCUT2D eigenvalue weighted by molar-refractivity contribution is 7.18. The molecule has 5 heteroatoms. The summed E-state index contributed by atoms with van der Waals surface area (Å²) in [6.45, 7) is 2.34. The van der Waals surface area contributed by atoms with Crippen molar-refractivity contribution in [2.24, 2.45) is 0 Å². The molecule has 1 N–H and O–H groups in total. The lowest BCUT2D eigenvalue weighted by atomic mass is 10.1. The molecular formula is C14H16N2O2S. The molecule has 100 valence electrons. The average Bonchev–Trinajstić information content (AvgIpc) is 2.81. The van der Waals surface area contributed by atoms with Crippen molar-refractivity contribution in [3.63, 3.8) is 0 Å². The SMILES string of the molecule is O=C(Cc1nc2ccccc2s1)CC1CNCCO1. The zero-order valence-electron chi connectivity index (χ0n) is 10.6. The van der Waals surface area contributed by atoms with Crippen LogP contribution < -0.4 is 5.32 Å². The van der Waals surface area contributed by atoms with E-state index in [-0.39, 0.29) is 11.9 Å². The summed E-state index contributed by atoms with van der Waals surface area (Å²) in [5, 5.41) is 4.13. The molecule has 0 saturated carbocycles. The number of ether oxygens (including phenoxy) is 1. The molecule has 0 amide bonds. The molecule has 1 aromatic carbocycles. The van der Waals surface area contributed by atoms with Gasteiger partial charge in [-0.05, 0) is 12.1 Å². The normalized spacial score (nSPS) is 19.7. The zero-order chi connectivity index (χ0) is 13.1. The van der Waals surface area contributed by atoms with E-state index in [2.05, 4.69) is 10.3 Å². The fourth-order valence-electron chi connectivity index (χ4n) is 2.24. The number of hydrogen-bond donors (Lipinski definition) is 1. The maximum absolute atomic E-state index is 12.0. The standard InChI is InChI=1S/C14H16N2O2S/c17-10(7-11-9-15-5-6-18-11)8-14-16-12-3-1-2-4-13(12)19-14/h1-4,11,15H,5-9H2. The highest BCUT2D eigenvalue weighted by atomic mass is 32.1. The number of thiazole rings is 1. The summed E-state index contributed by atoms with van der Waals surface area (Å²) in [5.41, 5.74) is 0.978. The van der Waals surface area contributed by atoms with Crippen LogP contribution in [0.5, 0.6) is 0 Å². The average molecular weight is 276 g/mol. The van der Waals surface area contributed by atoms with Gasteiger partial charge in [-0.25, -0.2) is 4.98 Å². The summed E-state index contributed by atoms with van der Waals surface area (Å²) < 4.78 is 6.68. The minimum atomic E-state index is 0.0237. The molecule has 19 heavy (non-hydrogen) atoms. The van der Waals surface area contributed by atoms with Gasteiger partial charge in [0, 0.05) is 19.5 Å². The maximum Gasteiger partial charge on any atom is 0.142 e. The van der Waals surface area contributed by atoms with Crippen molar-refractivity contribution in [2.75, 3.05) is 19.7 Å². The molecule has 2 aromatic rings. The fourth-order valence-corrected chi connectivity index (χ4v) is 3.24. The third kappa shape index (κ3) is 3.18. The second kappa shape index (κ2) is 5.77. The molecule has 1 atom stereocenters. The van der Waals surface area contributed by atoms with Gasteiger partial charge in [0.2, 0.25) is 0 Å². The Bertz CT molecular complexity index is 543. The van der Waals surface area contributed by atoms with E-state index in [0.29, 0.717) is 19.4 Å². The van der Waals surface area contributed by atoms with Gasteiger partial charge in [0.15, 0.2) is 0 Å². The van der Waals surface area contributed by atoms with Gasteiger partial charge in [0.25, 0.3) is 0 Å². The van der Waals surface area contributed by atoms with E-state index >= 15 is 0 Å². The third-order valence-electron chi connectivity index (χ3n) is 3.15. The van der Waals surface area contributed by atoms with Gasteiger partial charge in [0.05, 0.1) is 29.3 Å². The Labute approximate surface area is 115 Å². The topological polar surface area (TPSA) is 51.2 Å². The van der Waals surface area contributed by atoms with Crippen LogP contribution in [0, 0.1) is 0 Å². The summed E-state index contributed by atoms with van der Waals surface area (Å²) >= 11 is 1.60. The molecule has 0 spiro atoms. The molecule has 2 heterocycles. The van der Waals surface area contributed by atoms with E-state index in [4.69, 9.17) is 4.74 Å². The van der Waals surface area contributed by atoms with E-state index in [1.807, 2.05) is 24.3 Å². The molecule has 1 fully saturated rings. The van der Waals surface area contributed by atoms with Crippen molar-refractivity contribution >= 4 is 27.3 Å². The van der Waals surface area contributed by atoms with Gasteiger partial charge in [-0.2, -0.15) is 0 Å². The molecular weight excluding hydrogens is 260 g/mol. The molecule has 1 aliphatic heterocycles. The zero-order valence-corrected chi connectivity index (χ0v) is 11.4. The summed E-state index contributed by atoms with van der Waals surface area (Å²) in [6.07, 6.45) is 0.915. The highest BCUT2D eigenvalue weighted by Crippen LogP contribution is 2.22. The van der Waals surface area contributed by atoms with Crippen LogP contribution in [0.3, 0.4) is 0 Å². The van der Waals surface area contributed by atoms with Crippen LogP contribution in [0.25, 0.3) is 10.2 Å². The monoisotopic (exact) mass is 276 g/mol. The van der Waals surface area contributed by atoms with Crippen LogP contribution in [-0.4, -0.2) is 36.6 Å². The first-order valence-electron chi connectivity index (χ1n) is 6.50. The number of carbonyl (C=O) groups excluding carboxylic acids is 1. The van der Waals surface area contributed by atoms with E-state index < -0.39 is 0 Å². The van der Waals surface area contributed by atoms with Crippen molar-refractivity contribution in [2.45, 2.75) is 18.9 Å². The second-order valence-electron chi connectivity index (χ2n) is 4.69. The number of fused-ring (bicyclic) bond motifs is 1. The van der Waals surface area contributed by atoms with Gasteiger partial charge in [0.1, 0.15) is 10.8 Å². The van der Waals surface area contributed by atoms with E-state index in [1.165, 1.54) is 0 Å². The Balaban J connectivity index is 1.62. The number of nitrogens with one attached hydrogen (secondary N) is 1. The van der Waals surface area contributed by atoms with Crippen LogP contribution in [0.2, 0.25) is 0 Å². The first kappa shape index (κ1) is 12.7. The lowest BCUT2D eigenvalue weighted by Gasteiger charge is -2.22. The van der Waals surface area contributed by atoms with Gasteiger partial charge in [-0.15, -0.1) is 11.3 Å². The van der Waals surface area contributed by atoms with Gasteiger partial charge in [-0.1, -0.05) is 12.1 Å².